The van der Waals surface area contributed by atoms with E-state index in [2.05, 4.69) is 10.2 Å². The van der Waals surface area contributed by atoms with Crippen LogP contribution < -0.4 is 0 Å². The molecule has 0 bridgehead atoms. The summed E-state index contributed by atoms with van der Waals surface area (Å²) in [5, 5.41) is 18.0. The summed E-state index contributed by atoms with van der Waals surface area (Å²) in [5.41, 5.74) is 0.714. The van der Waals surface area contributed by atoms with Gasteiger partial charge in [0.15, 0.2) is 11.5 Å². The van der Waals surface area contributed by atoms with Crippen molar-refractivity contribution in [1.82, 2.24) is 0 Å². The van der Waals surface area contributed by atoms with Crippen molar-refractivity contribution in [2.45, 2.75) is 0 Å². The Morgan fingerprint density at radius 2 is 1.63 bits per heavy atom. The SMILES string of the molecule is O=C1C(N=Nc2ccccc2)=C(O)[C@H]2C=CC=C[C@H]12. The topological polar surface area (TPSA) is 62.0 Å². The maximum atomic E-state index is 12.1. The molecule has 4 nitrogen and oxygen atoms in total. The van der Waals surface area contributed by atoms with Crippen molar-refractivity contribution in [3.05, 3.63) is 66.1 Å². The van der Waals surface area contributed by atoms with Gasteiger partial charge in [-0.1, -0.05) is 42.5 Å². The summed E-state index contributed by atoms with van der Waals surface area (Å²) in [5.74, 6) is -0.796. The summed E-state index contributed by atoms with van der Waals surface area (Å²) in [4.78, 5) is 12.1. The normalized spacial score (nSPS) is 25.4. The van der Waals surface area contributed by atoms with Gasteiger partial charge in [0.2, 0.25) is 0 Å². The fraction of sp³-hybridized carbons (Fsp3) is 0.133. The summed E-state index contributed by atoms with van der Waals surface area (Å²) in [6.45, 7) is 0. The van der Waals surface area contributed by atoms with Crippen LogP contribution in [-0.4, -0.2) is 10.9 Å². The molecule has 3 rings (SSSR count). The van der Waals surface area contributed by atoms with Crippen molar-refractivity contribution in [3.63, 3.8) is 0 Å². The highest BCUT2D eigenvalue weighted by Gasteiger charge is 2.40. The van der Waals surface area contributed by atoms with Gasteiger partial charge in [0, 0.05) is 0 Å². The van der Waals surface area contributed by atoms with Crippen molar-refractivity contribution in [1.29, 1.82) is 0 Å². The molecule has 0 saturated heterocycles. The first-order valence-electron chi connectivity index (χ1n) is 6.06. The van der Waals surface area contributed by atoms with Crippen molar-refractivity contribution in [3.8, 4) is 0 Å². The molecular formula is C15H12N2O2. The lowest BCUT2D eigenvalue weighted by molar-refractivity contribution is -0.117. The molecule has 4 heteroatoms. The van der Waals surface area contributed by atoms with E-state index in [4.69, 9.17) is 0 Å². The second kappa shape index (κ2) is 4.65. The van der Waals surface area contributed by atoms with Crippen LogP contribution in [0.25, 0.3) is 0 Å². The van der Waals surface area contributed by atoms with Gasteiger partial charge in [-0.05, 0) is 12.1 Å². The summed E-state index contributed by atoms with van der Waals surface area (Å²) < 4.78 is 0. The number of carbonyl (C=O) groups excluding carboxylic acids is 1. The molecule has 0 aliphatic heterocycles. The zero-order valence-corrected chi connectivity index (χ0v) is 10.1. The summed E-state index contributed by atoms with van der Waals surface area (Å²) in [7, 11) is 0. The molecule has 0 spiro atoms. The standard InChI is InChI=1S/C15H12N2O2/c18-14-11-8-4-5-9-12(11)15(19)13(14)17-16-10-6-2-1-3-7-10/h1-9,11-12,18H/t11-,12-/m0/s1. The Bertz CT molecular complexity index is 627. The average molecular weight is 252 g/mol. The number of ketones is 1. The molecule has 1 aromatic rings. The third-order valence-electron chi connectivity index (χ3n) is 3.25. The number of carbonyl (C=O) groups is 1. The number of fused-ring (bicyclic) bond motifs is 1. The molecule has 0 fully saturated rings. The fourth-order valence-electron chi connectivity index (χ4n) is 2.26. The third kappa shape index (κ3) is 2.01. The fourth-order valence-corrected chi connectivity index (χ4v) is 2.26. The minimum atomic E-state index is -0.338. The second-order valence-corrected chi connectivity index (χ2v) is 4.46. The van der Waals surface area contributed by atoms with Gasteiger partial charge in [0.25, 0.3) is 0 Å². The highest BCUT2D eigenvalue weighted by atomic mass is 16.3. The molecule has 1 aromatic carbocycles. The van der Waals surface area contributed by atoms with Crippen LogP contribution in [0.1, 0.15) is 0 Å². The van der Waals surface area contributed by atoms with Crippen LogP contribution in [0.5, 0.6) is 0 Å². The van der Waals surface area contributed by atoms with Crippen molar-refractivity contribution in [2.75, 3.05) is 0 Å². The van der Waals surface area contributed by atoms with Gasteiger partial charge in [-0.3, -0.25) is 4.79 Å². The first-order valence-corrected chi connectivity index (χ1v) is 6.06. The first kappa shape index (κ1) is 11.6. The van der Waals surface area contributed by atoms with Crippen LogP contribution >= 0.6 is 0 Å². The highest BCUT2D eigenvalue weighted by Crippen LogP contribution is 2.37. The van der Waals surface area contributed by atoms with E-state index in [-0.39, 0.29) is 29.1 Å². The van der Waals surface area contributed by atoms with Gasteiger partial charge >= 0.3 is 0 Å². The largest absolute Gasteiger partial charge is 0.509 e. The number of Topliss-reactive ketones (excluding diaryl/α,β-unsaturated/α-hetero) is 1. The highest BCUT2D eigenvalue weighted by molar-refractivity contribution is 6.01. The lowest BCUT2D eigenvalue weighted by atomic mass is 9.90. The van der Waals surface area contributed by atoms with Gasteiger partial charge in [-0.2, -0.15) is 5.11 Å². The predicted octanol–water partition coefficient (Wildman–Crippen LogP) is 3.48. The van der Waals surface area contributed by atoms with E-state index in [0.29, 0.717) is 5.69 Å². The van der Waals surface area contributed by atoms with E-state index in [1.54, 1.807) is 18.2 Å². The van der Waals surface area contributed by atoms with E-state index in [1.165, 1.54) is 0 Å². The number of aliphatic hydroxyl groups is 1. The number of allylic oxidation sites excluding steroid dienone is 5. The zero-order valence-electron chi connectivity index (χ0n) is 10.1. The molecule has 0 aromatic heterocycles. The Hall–Kier alpha value is -2.49. The zero-order chi connectivity index (χ0) is 13.2. The van der Waals surface area contributed by atoms with Crippen LogP contribution in [0, 0.1) is 11.8 Å². The van der Waals surface area contributed by atoms with Crippen molar-refractivity contribution in [2.24, 2.45) is 22.1 Å². The van der Waals surface area contributed by atoms with E-state index < -0.39 is 0 Å². The molecule has 19 heavy (non-hydrogen) atoms. The number of aliphatic hydroxyl groups excluding tert-OH is 1. The summed E-state index contributed by atoms with van der Waals surface area (Å²) in [6, 6.07) is 9.12. The molecular weight excluding hydrogens is 240 g/mol. The summed E-state index contributed by atoms with van der Waals surface area (Å²) >= 11 is 0. The number of rotatable bonds is 2. The van der Waals surface area contributed by atoms with Crippen LogP contribution in [0.2, 0.25) is 0 Å². The van der Waals surface area contributed by atoms with Gasteiger partial charge < -0.3 is 5.11 Å². The summed E-state index contributed by atoms with van der Waals surface area (Å²) in [6.07, 6.45) is 7.22. The monoisotopic (exact) mass is 252 g/mol. The molecule has 1 N–H and O–H groups in total. The van der Waals surface area contributed by atoms with Gasteiger partial charge in [0.05, 0.1) is 17.5 Å². The predicted molar refractivity (Wildman–Crippen MR) is 70.9 cm³/mol. The quantitative estimate of drug-likeness (QED) is 0.819. The molecule has 0 saturated carbocycles. The van der Waals surface area contributed by atoms with Crippen LogP contribution in [-0.2, 0) is 4.79 Å². The van der Waals surface area contributed by atoms with Gasteiger partial charge in [0.1, 0.15) is 5.76 Å². The maximum absolute atomic E-state index is 12.1. The maximum Gasteiger partial charge on any atom is 0.194 e. The van der Waals surface area contributed by atoms with Crippen molar-refractivity contribution < 1.29 is 9.90 Å². The van der Waals surface area contributed by atoms with Crippen LogP contribution in [0.3, 0.4) is 0 Å². The van der Waals surface area contributed by atoms with Crippen LogP contribution in [0.15, 0.2) is 76.3 Å². The van der Waals surface area contributed by atoms with Gasteiger partial charge in [-0.15, -0.1) is 5.11 Å². The number of nitrogens with zero attached hydrogens (tertiary/aromatic N) is 2. The van der Waals surface area contributed by atoms with E-state index >= 15 is 0 Å². The minimum absolute atomic E-state index is 0.00952. The number of benzene rings is 1. The number of hydrogen-bond acceptors (Lipinski definition) is 4. The Morgan fingerprint density at radius 1 is 0.947 bits per heavy atom. The molecule has 0 radical (unpaired) electrons. The minimum Gasteiger partial charge on any atom is -0.509 e. The van der Waals surface area contributed by atoms with Gasteiger partial charge in [-0.25, -0.2) is 0 Å². The third-order valence-corrected chi connectivity index (χ3v) is 3.25. The lowest BCUT2D eigenvalue weighted by Gasteiger charge is -2.13. The number of hydrogen-bond donors (Lipinski definition) is 1. The molecule has 2 atom stereocenters. The van der Waals surface area contributed by atoms with E-state index in [0.717, 1.165) is 0 Å². The van der Waals surface area contributed by atoms with Crippen LogP contribution in [0.4, 0.5) is 5.69 Å². The van der Waals surface area contributed by atoms with E-state index in [9.17, 15) is 9.90 Å². The molecule has 94 valence electrons. The smallest absolute Gasteiger partial charge is 0.194 e. The lowest BCUT2D eigenvalue weighted by Crippen LogP contribution is -2.15. The average Bonchev–Trinajstić information content (AvgIpc) is 2.71. The Morgan fingerprint density at radius 3 is 2.32 bits per heavy atom. The first-order chi connectivity index (χ1) is 9.27. The number of azo groups is 1. The second-order valence-electron chi connectivity index (χ2n) is 4.46. The van der Waals surface area contributed by atoms with E-state index in [1.807, 2.05) is 36.4 Å². The molecule has 2 aliphatic rings. The Kier molecular flexibility index (Phi) is 2.83. The molecule has 2 aliphatic carbocycles. The molecule has 0 unspecified atom stereocenters. The molecule has 0 heterocycles. The molecule has 0 amide bonds. The Balaban J connectivity index is 1.90. The van der Waals surface area contributed by atoms with Crippen molar-refractivity contribution >= 4 is 11.5 Å². The Labute approximate surface area is 110 Å².